The standard InChI is InChI=1S/C7H14O2/c1-2-9-7-5-3-4-6(7)8/h6-8H,2-5H2,1H3/t6-,7+/m1/s1. The van der Waals surface area contributed by atoms with Gasteiger partial charge in [-0.1, -0.05) is 0 Å². The van der Waals surface area contributed by atoms with E-state index in [4.69, 9.17) is 4.74 Å². The molecule has 1 N–H and O–H groups in total. The van der Waals surface area contributed by atoms with Crippen molar-refractivity contribution >= 4 is 0 Å². The van der Waals surface area contributed by atoms with Gasteiger partial charge in [-0.05, 0) is 26.2 Å². The van der Waals surface area contributed by atoms with E-state index < -0.39 is 0 Å². The van der Waals surface area contributed by atoms with Crippen molar-refractivity contribution in [2.24, 2.45) is 0 Å². The van der Waals surface area contributed by atoms with Gasteiger partial charge in [0.25, 0.3) is 0 Å². The predicted octanol–water partition coefficient (Wildman–Crippen LogP) is 0.936. The third-order valence-electron chi connectivity index (χ3n) is 1.80. The lowest BCUT2D eigenvalue weighted by Gasteiger charge is -2.13. The van der Waals surface area contributed by atoms with Crippen molar-refractivity contribution in [1.82, 2.24) is 0 Å². The summed E-state index contributed by atoms with van der Waals surface area (Å²) in [6.07, 6.45) is 3.02. The smallest absolute Gasteiger partial charge is 0.0833 e. The van der Waals surface area contributed by atoms with Crippen LogP contribution in [0.3, 0.4) is 0 Å². The Morgan fingerprint density at radius 3 is 2.78 bits per heavy atom. The summed E-state index contributed by atoms with van der Waals surface area (Å²) in [5, 5.41) is 9.20. The van der Waals surface area contributed by atoms with E-state index in [2.05, 4.69) is 0 Å². The number of aliphatic hydroxyl groups is 1. The lowest BCUT2D eigenvalue weighted by molar-refractivity contribution is -0.0128. The molecule has 0 amide bonds. The minimum Gasteiger partial charge on any atom is -0.390 e. The Balaban J connectivity index is 2.22. The molecule has 54 valence electrons. The maximum atomic E-state index is 9.20. The first-order valence-electron chi connectivity index (χ1n) is 3.64. The normalized spacial score (nSPS) is 35.3. The van der Waals surface area contributed by atoms with Crippen LogP contribution in [-0.2, 0) is 4.74 Å². The van der Waals surface area contributed by atoms with Gasteiger partial charge in [0.1, 0.15) is 0 Å². The van der Waals surface area contributed by atoms with Gasteiger partial charge in [0.15, 0.2) is 0 Å². The van der Waals surface area contributed by atoms with Crippen LogP contribution in [0.5, 0.6) is 0 Å². The zero-order valence-electron chi connectivity index (χ0n) is 5.84. The largest absolute Gasteiger partial charge is 0.390 e. The highest BCUT2D eigenvalue weighted by molar-refractivity contribution is 4.76. The van der Waals surface area contributed by atoms with Crippen molar-refractivity contribution in [2.45, 2.75) is 38.4 Å². The Kier molecular flexibility index (Phi) is 2.49. The highest BCUT2D eigenvalue weighted by atomic mass is 16.5. The maximum absolute atomic E-state index is 9.20. The minimum absolute atomic E-state index is 0.134. The Bertz CT molecular complexity index is 83.0. The Morgan fingerprint density at radius 2 is 2.33 bits per heavy atom. The quantitative estimate of drug-likeness (QED) is 0.602. The Morgan fingerprint density at radius 1 is 1.56 bits per heavy atom. The predicted molar refractivity (Wildman–Crippen MR) is 35.3 cm³/mol. The van der Waals surface area contributed by atoms with Crippen LogP contribution in [-0.4, -0.2) is 23.9 Å². The molecule has 1 rings (SSSR count). The summed E-state index contributed by atoms with van der Waals surface area (Å²) in [6.45, 7) is 2.69. The van der Waals surface area contributed by atoms with E-state index in [0.717, 1.165) is 25.9 Å². The van der Waals surface area contributed by atoms with Gasteiger partial charge in [0.2, 0.25) is 0 Å². The molecule has 0 aromatic carbocycles. The van der Waals surface area contributed by atoms with E-state index >= 15 is 0 Å². The molecule has 1 fully saturated rings. The van der Waals surface area contributed by atoms with Crippen molar-refractivity contribution in [2.75, 3.05) is 6.61 Å². The zero-order valence-corrected chi connectivity index (χ0v) is 5.84. The number of rotatable bonds is 2. The zero-order chi connectivity index (χ0) is 6.69. The average molecular weight is 130 g/mol. The topological polar surface area (TPSA) is 29.5 Å². The molecule has 0 radical (unpaired) electrons. The van der Waals surface area contributed by atoms with E-state index in [1.807, 2.05) is 6.92 Å². The number of hydrogen-bond acceptors (Lipinski definition) is 2. The van der Waals surface area contributed by atoms with E-state index in [9.17, 15) is 5.11 Å². The van der Waals surface area contributed by atoms with Crippen molar-refractivity contribution in [3.63, 3.8) is 0 Å². The summed E-state index contributed by atoms with van der Waals surface area (Å²) in [5.74, 6) is 0. The SMILES string of the molecule is CCO[C@H]1CCC[C@H]1O. The molecular weight excluding hydrogens is 116 g/mol. The van der Waals surface area contributed by atoms with Crippen LogP contribution in [0.25, 0.3) is 0 Å². The lowest BCUT2D eigenvalue weighted by Crippen LogP contribution is -2.22. The van der Waals surface area contributed by atoms with Crippen LogP contribution in [0.2, 0.25) is 0 Å². The number of hydrogen-bond donors (Lipinski definition) is 1. The molecule has 0 aromatic heterocycles. The van der Waals surface area contributed by atoms with Crippen molar-refractivity contribution < 1.29 is 9.84 Å². The monoisotopic (exact) mass is 130 g/mol. The first-order chi connectivity index (χ1) is 4.34. The second-order valence-corrected chi connectivity index (χ2v) is 2.49. The molecule has 0 bridgehead atoms. The molecule has 0 aromatic rings. The third-order valence-corrected chi connectivity index (χ3v) is 1.80. The second kappa shape index (κ2) is 3.18. The molecule has 2 atom stereocenters. The van der Waals surface area contributed by atoms with Gasteiger partial charge in [-0.15, -0.1) is 0 Å². The van der Waals surface area contributed by atoms with E-state index in [1.54, 1.807) is 0 Å². The van der Waals surface area contributed by atoms with E-state index in [-0.39, 0.29) is 12.2 Å². The van der Waals surface area contributed by atoms with E-state index in [1.165, 1.54) is 0 Å². The highest BCUT2D eigenvalue weighted by Crippen LogP contribution is 2.21. The molecule has 0 unspecified atom stereocenters. The molecule has 0 saturated heterocycles. The average Bonchev–Trinajstić information content (AvgIpc) is 2.18. The van der Waals surface area contributed by atoms with Crippen LogP contribution in [0.15, 0.2) is 0 Å². The lowest BCUT2D eigenvalue weighted by atomic mass is 10.3. The van der Waals surface area contributed by atoms with Gasteiger partial charge in [-0.25, -0.2) is 0 Å². The first-order valence-corrected chi connectivity index (χ1v) is 3.64. The third kappa shape index (κ3) is 1.66. The van der Waals surface area contributed by atoms with Gasteiger partial charge in [0.05, 0.1) is 12.2 Å². The fourth-order valence-electron chi connectivity index (χ4n) is 1.31. The molecule has 9 heavy (non-hydrogen) atoms. The fraction of sp³-hybridized carbons (Fsp3) is 1.00. The van der Waals surface area contributed by atoms with Crippen LogP contribution < -0.4 is 0 Å². The Hall–Kier alpha value is -0.0800. The molecule has 1 aliphatic carbocycles. The number of ether oxygens (including phenoxy) is 1. The molecule has 1 aliphatic rings. The summed E-state index contributed by atoms with van der Waals surface area (Å²) >= 11 is 0. The summed E-state index contributed by atoms with van der Waals surface area (Å²) in [7, 11) is 0. The molecule has 2 heteroatoms. The van der Waals surface area contributed by atoms with Gasteiger partial charge in [-0.3, -0.25) is 0 Å². The van der Waals surface area contributed by atoms with Crippen LogP contribution in [0.4, 0.5) is 0 Å². The highest BCUT2D eigenvalue weighted by Gasteiger charge is 2.24. The summed E-state index contributed by atoms with van der Waals surface area (Å²) in [4.78, 5) is 0. The van der Waals surface area contributed by atoms with Gasteiger partial charge < -0.3 is 9.84 Å². The van der Waals surface area contributed by atoms with Crippen LogP contribution >= 0.6 is 0 Å². The Labute approximate surface area is 55.8 Å². The van der Waals surface area contributed by atoms with Crippen molar-refractivity contribution in [3.8, 4) is 0 Å². The minimum atomic E-state index is -0.190. The molecular formula is C7H14O2. The van der Waals surface area contributed by atoms with E-state index in [0.29, 0.717) is 0 Å². The van der Waals surface area contributed by atoms with Crippen LogP contribution in [0, 0.1) is 0 Å². The van der Waals surface area contributed by atoms with Gasteiger partial charge in [-0.2, -0.15) is 0 Å². The summed E-state index contributed by atoms with van der Waals surface area (Å²) < 4.78 is 5.27. The molecule has 2 nitrogen and oxygen atoms in total. The van der Waals surface area contributed by atoms with Crippen molar-refractivity contribution in [3.05, 3.63) is 0 Å². The first kappa shape index (κ1) is 7.03. The number of aliphatic hydroxyl groups excluding tert-OH is 1. The molecule has 0 spiro atoms. The van der Waals surface area contributed by atoms with Crippen molar-refractivity contribution in [1.29, 1.82) is 0 Å². The van der Waals surface area contributed by atoms with Gasteiger partial charge >= 0.3 is 0 Å². The second-order valence-electron chi connectivity index (χ2n) is 2.49. The molecule has 0 aliphatic heterocycles. The summed E-state index contributed by atoms with van der Waals surface area (Å²) in [6, 6.07) is 0. The fourth-order valence-corrected chi connectivity index (χ4v) is 1.31. The molecule has 1 saturated carbocycles. The molecule has 0 heterocycles. The maximum Gasteiger partial charge on any atom is 0.0833 e. The summed E-state index contributed by atoms with van der Waals surface area (Å²) in [5.41, 5.74) is 0. The van der Waals surface area contributed by atoms with Gasteiger partial charge in [0, 0.05) is 6.61 Å². The van der Waals surface area contributed by atoms with Crippen LogP contribution in [0.1, 0.15) is 26.2 Å².